The summed E-state index contributed by atoms with van der Waals surface area (Å²) in [7, 11) is -3.90. The van der Waals surface area contributed by atoms with Crippen LogP contribution < -0.4 is 5.32 Å². The number of nitrogens with zero attached hydrogens (tertiary/aromatic N) is 1. The molecule has 0 unspecified atom stereocenters. The normalized spacial score (nSPS) is 14.7. The van der Waals surface area contributed by atoms with Gasteiger partial charge in [0.1, 0.15) is 10.7 Å². The van der Waals surface area contributed by atoms with E-state index in [1.54, 1.807) is 48.5 Å². The molecule has 2 amide bonds. The van der Waals surface area contributed by atoms with Crippen LogP contribution in [-0.2, 0) is 23.1 Å². The molecule has 2 aromatic carbocycles. The highest BCUT2D eigenvalue weighted by molar-refractivity contribution is 7.90. The third-order valence-corrected chi connectivity index (χ3v) is 6.22. The van der Waals surface area contributed by atoms with Crippen molar-refractivity contribution in [3.63, 3.8) is 0 Å². The summed E-state index contributed by atoms with van der Waals surface area (Å²) in [5.41, 5.74) is 1.07. The first-order valence-corrected chi connectivity index (χ1v) is 9.96. The number of fused-ring (bicyclic) bond motifs is 1. The van der Waals surface area contributed by atoms with Crippen LogP contribution in [0, 0.1) is 0 Å². The van der Waals surface area contributed by atoms with Crippen molar-refractivity contribution >= 4 is 21.8 Å². The van der Waals surface area contributed by atoms with Crippen LogP contribution in [0.3, 0.4) is 0 Å². The number of rotatable bonds is 5. The number of carbonyl (C=O) groups is 2. The average Bonchev–Trinajstić information content (AvgIpc) is 3.29. The third-order valence-electron chi connectivity index (χ3n) is 4.43. The van der Waals surface area contributed by atoms with Crippen molar-refractivity contribution < 1.29 is 22.4 Å². The predicted molar refractivity (Wildman–Crippen MR) is 99.8 cm³/mol. The van der Waals surface area contributed by atoms with E-state index in [0.29, 0.717) is 16.9 Å². The zero-order chi connectivity index (χ0) is 19.7. The van der Waals surface area contributed by atoms with Crippen molar-refractivity contribution in [2.75, 3.05) is 0 Å². The highest BCUT2D eigenvalue weighted by atomic mass is 32.2. The average molecular weight is 396 g/mol. The predicted octanol–water partition coefficient (Wildman–Crippen LogP) is 2.55. The van der Waals surface area contributed by atoms with Gasteiger partial charge in [0, 0.05) is 5.56 Å². The molecule has 0 spiro atoms. The number of hydrogen-bond acceptors (Lipinski definition) is 5. The van der Waals surface area contributed by atoms with Crippen molar-refractivity contribution in [1.82, 2.24) is 9.62 Å². The van der Waals surface area contributed by atoms with Crippen LogP contribution >= 0.6 is 0 Å². The Labute approximate surface area is 161 Å². The highest BCUT2D eigenvalue weighted by Gasteiger charge is 2.40. The fourth-order valence-corrected chi connectivity index (χ4v) is 4.60. The Bertz CT molecular complexity index is 1150. The van der Waals surface area contributed by atoms with Crippen molar-refractivity contribution in [2.24, 2.45) is 0 Å². The lowest BCUT2D eigenvalue weighted by Gasteiger charge is -2.15. The zero-order valence-corrected chi connectivity index (χ0v) is 15.5. The van der Waals surface area contributed by atoms with Crippen LogP contribution in [0.25, 0.3) is 0 Å². The van der Waals surface area contributed by atoms with Gasteiger partial charge in [-0.1, -0.05) is 24.3 Å². The molecule has 1 aliphatic heterocycles. The molecule has 0 fully saturated rings. The Morgan fingerprint density at radius 3 is 2.61 bits per heavy atom. The van der Waals surface area contributed by atoms with Gasteiger partial charge in [-0.25, -0.2) is 12.7 Å². The van der Waals surface area contributed by atoms with Crippen molar-refractivity contribution in [3.05, 3.63) is 89.4 Å². The standard InChI is InChI=1S/C20H16N2O5S/c23-19(21-12-16-7-4-10-27-16)15-6-3-5-14(11-15)13-22-20(24)17-8-1-2-9-18(17)28(22,25)26/h1-11H,12-13H2,(H,21,23). The van der Waals surface area contributed by atoms with Gasteiger partial charge in [-0.3, -0.25) is 9.59 Å². The molecular formula is C20H16N2O5S. The Balaban J connectivity index is 1.53. The molecule has 142 valence electrons. The molecule has 3 aromatic rings. The minimum atomic E-state index is -3.90. The molecule has 4 rings (SSSR count). The summed E-state index contributed by atoms with van der Waals surface area (Å²) in [6.07, 6.45) is 1.52. The van der Waals surface area contributed by atoms with Gasteiger partial charge in [0.2, 0.25) is 0 Å². The summed E-state index contributed by atoms with van der Waals surface area (Å²) >= 11 is 0. The zero-order valence-electron chi connectivity index (χ0n) is 14.7. The second-order valence-corrected chi connectivity index (χ2v) is 8.11. The SMILES string of the molecule is O=C(NCc1ccco1)c1cccc(CN2C(=O)c3ccccc3S2(=O)=O)c1. The Morgan fingerprint density at radius 2 is 1.86 bits per heavy atom. The summed E-state index contributed by atoms with van der Waals surface area (Å²) < 4.78 is 31.3. The smallest absolute Gasteiger partial charge is 0.269 e. The molecule has 2 heterocycles. The van der Waals surface area contributed by atoms with Gasteiger partial charge in [0.15, 0.2) is 0 Å². The molecule has 0 radical (unpaired) electrons. The number of amides is 2. The van der Waals surface area contributed by atoms with E-state index in [1.807, 2.05) is 0 Å². The van der Waals surface area contributed by atoms with Gasteiger partial charge < -0.3 is 9.73 Å². The number of sulfonamides is 1. The van der Waals surface area contributed by atoms with E-state index >= 15 is 0 Å². The quantitative estimate of drug-likeness (QED) is 0.715. The fourth-order valence-electron chi connectivity index (χ4n) is 3.05. The molecule has 1 N–H and O–H groups in total. The van der Waals surface area contributed by atoms with Gasteiger partial charge in [-0.15, -0.1) is 0 Å². The van der Waals surface area contributed by atoms with E-state index < -0.39 is 15.9 Å². The van der Waals surface area contributed by atoms with Crippen molar-refractivity contribution in [1.29, 1.82) is 0 Å². The third kappa shape index (κ3) is 3.18. The summed E-state index contributed by atoms with van der Waals surface area (Å²) in [5, 5.41) is 2.73. The first kappa shape index (κ1) is 18.0. The van der Waals surface area contributed by atoms with E-state index in [-0.39, 0.29) is 29.5 Å². The van der Waals surface area contributed by atoms with Gasteiger partial charge >= 0.3 is 0 Å². The molecule has 1 aromatic heterocycles. The molecule has 1 aliphatic rings. The van der Waals surface area contributed by atoms with Crippen LogP contribution in [0.2, 0.25) is 0 Å². The minimum absolute atomic E-state index is 0.00680. The second-order valence-electron chi connectivity index (χ2n) is 6.28. The van der Waals surface area contributed by atoms with E-state index in [4.69, 9.17) is 4.42 Å². The molecule has 0 atom stereocenters. The van der Waals surface area contributed by atoms with Gasteiger partial charge in [-0.05, 0) is 42.0 Å². The van der Waals surface area contributed by atoms with Gasteiger partial charge in [0.05, 0.1) is 24.9 Å². The number of carbonyl (C=O) groups excluding carboxylic acids is 2. The number of furan rings is 1. The molecule has 0 saturated heterocycles. The minimum Gasteiger partial charge on any atom is -0.467 e. The van der Waals surface area contributed by atoms with E-state index in [2.05, 4.69) is 5.32 Å². The molecule has 0 bridgehead atoms. The summed E-state index contributed by atoms with van der Waals surface area (Å²) in [5.74, 6) is -0.267. The molecule has 0 aliphatic carbocycles. The maximum absolute atomic E-state index is 12.7. The topological polar surface area (TPSA) is 96.7 Å². The fraction of sp³-hybridized carbons (Fsp3) is 0.100. The van der Waals surface area contributed by atoms with Gasteiger partial charge in [0.25, 0.3) is 21.8 Å². The molecular weight excluding hydrogens is 380 g/mol. The first-order chi connectivity index (χ1) is 13.5. The lowest BCUT2D eigenvalue weighted by atomic mass is 10.1. The highest BCUT2D eigenvalue weighted by Crippen LogP contribution is 2.31. The lowest BCUT2D eigenvalue weighted by Crippen LogP contribution is -2.29. The molecule has 0 saturated carbocycles. The number of benzene rings is 2. The molecule has 8 heteroatoms. The van der Waals surface area contributed by atoms with E-state index in [0.717, 1.165) is 4.31 Å². The number of nitrogens with one attached hydrogen (secondary N) is 1. The molecule has 7 nitrogen and oxygen atoms in total. The molecule has 28 heavy (non-hydrogen) atoms. The summed E-state index contributed by atoms with van der Waals surface area (Å²) in [6, 6.07) is 16.1. The first-order valence-electron chi connectivity index (χ1n) is 8.52. The monoisotopic (exact) mass is 396 g/mol. The maximum atomic E-state index is 12.7. The van der Waals surface area contributed by atoms with Crippen molar-refractivity contribution in [3.8, 4) is 0 Å². The van der Waals surface area contributed by atoms with Crippen LogP contribution in [0.15, 0.2) is 76.2 Å². The van der Waals surface area contributed by atoms with Crippen LogP contribution in [0.1, 0.15) is 32.0 Å². The second kappa shape index (κ2) is 6.97. The van der Waals surface area contributed by atoms with Gasteiger partial charge in [-0.2, -0.15) is 0 Å². The van der Waals surface area contributed by atoms with Crippen LogP contribution in [-0.4, -0.2) is 24.5 Å². The maximum Gasteiger partial charge on any atom is 0.269 e. The number of hydrogen-bond donors (Lipinski definition) is 1. The summed E-state index contributed by atoms with van der Waals surface area (Å²) in [6.45, 7) is 0.0967. The van der Waals surface area contributed by atoms with Crippen molar-refractivity contribution in [2.45, 2.75) is 18.0 Å². The Hall–Kier alpha value is -3.39. The summed E-state index contributed by atoms with van der Waals surface area (Å²) in [4.78, 5) is 24.9. The van der Waals surface area contributed by atoms with Crippen LogP contribution in [0.5, 0.6) is 0 Å². The largest absolute Gasteiger partial charge is 0.467 e. The lowest BCUT2D eigenvalue weighted by molar-refractivity contribution is 0.0864. The van der Waals surface area contributed by atoms with E-state index in [9.17, 15) is 18.0 Å². The van der Waals surface area contributed by atoms with E-state index in [1.165, 1.54) is 18.4 Å². The van der Waals surface area contributed by atoms with Crippen LogP contribution in [0.4, 0.5) is 0 Å². The Morgan fingerprint density at radius 1 is 1.04 bits per heavy atom. The Kier molecular flexibility index (Phi) is 4.48.